The molecule has 0 bridgehead atoms. The highest BCUT2D eigenvalue weighted by Gasteiger charge is 2.31. The molecule has 2 aromatic rings. The normalized spacial score (nSPS) is 14.5. The first-order valence-corrected chi connectivity index (χ1v) is 11.4. The van der Waals surface area contributed by atoms with Crippen molar-refractivity contribution in [2.45, 2.75) is 55.6 Å². The van der Waals surface area contributed by atoms with E-state index in [1.807, 2.05) is 0 Å². The van der Waals surface area contributed by atoms with Crippen LogP contribution in [0, 0.1) is 0 Å². The van der Waals surface area contributed by atoms with E-state index in [0.29, 0.717) is 31.6 Å². The molecule has 0 aliphatic carbocycles. The summed E-state index contributed by atoms with van der Waals surface area (Å²) in [5, 5.41) is 2.69. The minimum Gasteiger partial charge on any atom is -0.492 e. The van der Waals surface area contributed by atoms with Crippen LogP contribution in [0.4, 0.5) is 4.79 Å². The van der Waals surface area contributed by atoms with E-state index in [2.05, 4.69) is 5.32 Å². The van der Waals surface area contributed by atoms with Gasteiger partial charge in [0.05, 0.1) is 11.5 Å². The lowest BCUT2D eigenvalue weighted by Crippen LogP contribution is -2.33. The number of carbonyl (C=O) groups is 1. The third-order valence-electron chi connectivity index (χ3n) is 4.35. The maximum Gasteiger partial charge on any atom is 0.407 e. The van der Waals surface area contributed by atoms with Crippen molar-refractivity contribution in [1.29, 1.82) is 0 Å². The fourth-order valence-corrected chi connectivity index (χ4v) is 4.79. The summed E-state index contributed by atoms with van der Waals surface area (Å²) in [6.07, 6.45) is 0.843. The Bertz CT molecular complexity index is 1010. The first-order valence-electron chi connectivity index (χ1n) is 9.87. The van der Waals surface area contributed by atoms with Crippen molar-refractivity contribution in [2.75, 3.05) is 13.2 Å². The molecule has 0 aromatic heterocycles. The van der Waals surface area contributed by atoms with Gasteiger partial charge < -0.3 is 19.5 Å². The van der Waals surface area contributed by atoms with Crippen molar-refractivity contribution >= 4 is 15.9 Å². The van der Waals surface area contributed by atoms with Crippen LogP contribution in [0.1, 0.15) is 39.2 Å². The number of sulfone groups is 1. The Kier molecular flexibility index (Phi) is 6.55. The van der Waals surface area contributed by atoms with Crippen LogP contribution in [0.3, 0.4) is 0 Å². The van der Waals surface area contributed by atoms with Crippen LogP contribution in [0.5, 0.6) is 11.5 Å². The van der Waals surface area contributed by atoms with E-state index in [-0.39, 0.29) is 27.9 Å². The SMILES string of the molecule is CC(C)(C)OC(=O)NCCCCOc1cccc2c1S(=O)(=O)c1ccccc1CO2. The fraction of sp³-hybridized carbons (Fsp3) is 0.409. The van der Waals surface area contributed by atoms with Crippen LogP contribution in [-0.2, 0) is 21.2 Å². The fourth-order valence-electron chi connectivity index (χ4n) is 3.05. The summed E-state index contributed by atoms with van der Waals surface area (Å²) in [7, 11) is -3.77. The number of fused-ring (bicyclic) bond motifs is 2. The molecular weight excluding hydrogens is 406 g/mol. The van der Waals surface area contributed by atoms with Gasteiger partial charge in [-0.2, -0.15) is 0 Å². The summed E-state index contributed by atoms with van der Waals surface area (Å²) in [4.78, 5) is 11.9. The van der Waals surface area contributed by atoms with Gasteiger partial charge in [0, 0.05) is 12.1 Å². The molecule has 30 heavy (non-hydrogen) atoms. The highest BCUT2D eigenvalue weighted by Crippen LogP contribution is 2.40. The van der Waals surface area contributed by atoms with Gasteiger partial charge in [0.1, 0.15) is 23.7 Å². The summed E-state index contributed by atoms with van der Waals surface area (Å²) < 4.78 is 43.2. The van der Waals surface area contributed by atoms with Crippen molar-refractivity contribution in [1.82, 2.24) is 5.32 Å². The number of rotatable bonds is 6. The van der Waals surface area contributed by atoms with Crippen LogP contribution in [0.25, 0.3) is 0 Å². The molecule has 0 saturated heterocycles. The second-order valence-corrected chi connectivity index (χ2v) is 9.82. The maximum atomic E-state index is 13.2. The standard InChI is InChI=1S/C22H27NO6S/c1-22(2,3)29-21(24)23-13-6-7-14-27-17-10-8-11-18-20(17)30(25,26)19-12-5-4-9-16(19)15-28-18/h4-5,8-12H,6-7,13-15H2,1-3H3,(H,23,24). The van der Waals surface area contributed by atoms with Gasteiger partial charge in [-0.05, 0) is 51.8 Å². The molecule has 0 fully saturated rings. The van der Waals surface area contributed by atoms with E-state index < -0.39 is 21.5 Å². The molecule has 0 atom stereocenters. The zero-order valence-corrected chi connectivity index (χ0v) is 18.3. The second kappa shape index (κ2) is 8.95. The number of benzene rings is 2. The van der Waals surface area contributed by atoms with Gasteiger partial charge in [-0.1, -0.05) is 24.3 Å². The molecule has 7 nitrogen and oxygen atoms in total. The van der Waals surface area contributed by atoms with Crippen molar-refractivity contribution < 1.29 is 27.4 Å². The predicted octanol–water partition coefficient (Wildman–Crippen LogP) is 4.10. The van der Waals surface area contributed by atoms with Crippen molar-refractivity contribution in [3.8, 4) is 11.5 Å². The molecular formula is C22H27NO6S. The van der Waals surface area contributed by atoms with Crippen LogP contribution in [-0.4, -0.2) is 33.3 Å². The molecule has 1 N–H and O–H groups in total. The molecule has 0 spiro atoms. The third-order valence-corrected chi connectivity index (χ3v) is 6.27. The Morgan fingerprint density at radius 1 is 1.10 bits per heavy atom. The molecule has 2 aromatic carbocycles. The van der Waals surface area contributed by atoms with E-state index in [0.717, 1.165) is 0 Å². The number of amides is 1. The number of ether oxygens (including phenoxy) is 3. The Morgan fingerprint density at radius 3 is 2.63 bits per heavy atom. The number of unbranched alkanes of at least 4 members (excludes halogenated alkanes) is 1. The lowest BCUT2D eigenvalue weighted by atomic mass is 10.2. The number of nitrogens with one attached hydrogen (secondary N) is 1. The number of hydrogen-bond donors (Lipinski definition) is 1. The molecule has 1 amide bonds. The average molecular weight is 434 g/mol. The maximum absolute atomic E-state index is 13.2. The van der Waals surface area contributed by atoms with E-state index in [1.54, 1.807) is 63.2 Å². The minimum absolute atomic E-state index is 0.0572. The molecule has 1 aliphatic heterocycles. The van der Waals surface area contributed by atoms with Crippen molar-refractivity contribution in [2.24, 2.45) is 0 Å². The van der Waals surface area contributed by atoms with Gasteiger partial charge in [0.25, 0.3) is 0 Å². The van der Waals surface area contributed by atoms with Gasteiger partial charge in [-0.15, -0.1) is 0 Å². The lowest BCUT2D eigenvalue weighted by molar-refractivity contribution is 0.0526. The van der Waals surface area contributed by atoms with Crippen LogP contribution >= 0.6 is 0 Å². The largest absolute Gasteiger partial charge is 0.492 e. The molecule has 1 heterocycles. The molecule has 0 radical (unpaired) electrons. The quantitative estimate of drug-likeness (QED) is 0.690. The topological polar surface area (TPSA) is 90.9 Å². The smallest absolute Gasteiger partial charge is 0.407 e. The molecule has 162 valence electrons. The summed E-state index contributed by atoms with van der Waals surface area (Å²) in [5.41, 5.74) is 0.0812. The van der Waals surface area contributed by atoms with Crippen LogP contribution in [0.2, 0.25) is 0 Å². The summed E-state index contributed by atoms with van der Waals surface area (Å²) in [5.74, 6) is 0.555. The molecule has 8 heteroatoms. The number of alkyl carbamates (subject to hydrolysis) is 1. The summed E-state index contributed by atoms with van der Waals surface area (Å²) >= 11 is 0. The molecule has 3 rings (SSSR count). The highest BCUT2D eigenvalue weighted by atomic mass is 32.2. The van der Waals surface area contributed by atoms with Gasteiger partial charge in [-0.3, -0.25) is 0 Å². The van der Waals surface area contributed by atoms with E-state index in [1.165, 1.54) is 0 Å². The summed E-state index contributed by atoms with van der Waals surface area (Å²) in [6, 6.07) is 11.8. The lowest BCUT2D eigenvalue weighted by Gasteiger charge is -2.19. The molecule has 1 aliphatic rings. The van der Waals surface area contributed by atoms with Gasteiger partial charge in [0.2, 0.25) is 9.84 Å². The Hall–Kier alpha value is -2.74. The Balaban J connectivity index is 1.62. The number of carbonyl (C=O) groups excluding carboxylic acids is 1. The van der Waals surface area contributed by atoms with E-state index in [9.17, 15) is 13.2 Å². The Morgan fingerprint density at radius 2 is 1.87 bits per heavy atom. The second-order valence-electron chi connectivity index (χ2n) is 7.97. The number of hydrogen-bond acceptors (Lipinski definition) is 6. The first kappa shape index (κ1) is 22.0. The monoisotopic (exact) mass is 433 g/mol. The van der Waals surface area contributed by atoms with Crippen molar-refractivity contribution in [3.63, 3.8) is 0 Å². The average Bonchev–Trinajstić information content (AvgIpc) is 2.78. The molecule has 0 saturated carbocycles. The highest BCUT2D eigenvalue weighted by molar-refractivity contribution is 7.91. The zero-order chi connectivity index (χ0) is 21.8. The van der Waals surface area contributed by atoms with Crippen LogP contribution < -0.4 is 14.8 Å². The minimum atomic E-state index is -3.77. The van der Waals surface area contributed by atoms with Crippen LogP contribution in [0.15, 0.2) is 52.3 Å². The summed E-state index contributed by atoms with van der Waals surface area (Å²) in [6.45, 7) is 6.35. The Labute approximate surface area is 177 Å². The van der Waals surface area contributed by atoms with E-state index >= 15 is 0 Å². The molecule has 0 unspecified atom stereocenters. The van der Waals surface area contributed by atoms with Gasteiger partial charge in [0.15, 0.2) is 4.90 Å². The van der Waals surface area contributed by atoms with Gasteiger partial charge >= 0.3 is 6.09 Å². The third kappa shape index (κ3) is 5.24. The predicted molar refractivity (Wildman–Crippen MR) is 112 cm³/mol. The van der Waals surface area contributed by atoms with E-state index in [4.69, 9.17) is 14.2 Å². The zero-order valence-electron chi connectivity index (χ0n) is 17.4. The first-order chi connectivity index (χ1) is 14.2. The van der Waals surface area contributed by atoms with Crippen molar-refractivity contribution in [3.05, 3.63) is 48.0 Å². The van der Waals surface area contributed by atoms with Gasteiger partial charge in [-0.25, -0.2) is 13.2 Å².